The van der Waals surface area contributed by atoms with E-state index < -0.39 is 23.6 Å². The molecule has 2 aromatic rings. The Morgan fingerprint density at radius 3 is 2.50 bits per heavy atom. The van der Waals surface area contributed by atoms with E-state index in [0.717, 1.165) is 6.07 Å². The van der Waals surface area contributed by atoms with E-state index in [1.165, 1.54) is 23.1 Å². The quantitative estimate of drug-likeness (QED) is 0.805. The number of anilines is 1. The van der Waals surface area contributed by atoms with Crippen molar-refractivity contribution in [2.75, 3.05) is 31.1 Å². The van der Waals surface area contributed by atoms with E-state index in [1.54, 1.807) is 20.8 Å². The minimum absolute atomic E-state index is 0.139. The van der Waals surface area contributed by atoms with Gasteiger partial charge >= 0.3 is 6.36 Å². The van der Waals surface area contributed by atoms with Gasteiger partial charge in [0, 0.05) is 26.2 Å². The van der Waals surface area contributed by atoms with Crippen molar-refractivity contribution in [3.63, 3.8) is 0 Å². The smallest absolute Gasteiger partial charge is 0.429 e. The standard InChI is InChI=1S/C20H24F3N3O4/c1-13-16(19(2,3)28)24-18(29-13)26-10-6-9-25(11-12-26)17(27)14-7-4-5-8-15(14)30-20(21,22)23/h4-5,7-8,28H,6,9-12H2,1-3H3. The molecule has 1 fully saturated rings. The third-order valence-electron chi connectivity index (χ3n) is 4.76. The number of aromatic nitrogens is 1. The Morgan fingerprint density at radius 2 is 1.87 bits per heavy atom. The number of rotatable bonds is 4. The highest BCUT2D eigenvalue weighted by atomic mass is 19.4. The molecule has 1 aromatic heterocycles. The zero-order valence-electron chi connectivity index (χ0n) is 17.0. The van der Waals surface area contributed by atoms with Crippen molar-refractivity contribution < 1.29 is 32.2 Å². The Morgan fingerprint density at radius 1 is 1.17 bits per heavy atom. The lowest BCUT2D eigenvalue weighted by Gasteiger charge is -2.22. The maximum Gasteiger partial charge on any atom is 0.573 e. The molecule has 0 bridgehead atoms. The minimum Gasteiger partial charge on any atom is -0.429 e. The molecule has 30 heavy (non-hydrogen) atoms. The predicted octanol–water partition coefficient (Wildman–Crippen LogP) is 3.46. The van der Waals surface area contributed by atoms with E-state index in [0.29, 0.717) is 43.5 Å². The number of carbonyl (C=O) groups is 1. The number of benzene rings is 1. The molecule has 0 radical (unpaired) electrons. The van der Waals surface area contributed by atoms with Gasteiger partial charge in [0.1, 0.15) is 22.8 Å². The highest BCUT2D eigenvalue weighted by molar-refractivity contribution is 5.97. The SMILES string of the molecule is Cc1oc(N2CCCN(C(=O)c3ccccc3OC(F)(F)F)CC2)nc1C(C)(C)O. The molecule has 0 saturated carbocycles. The number of alkyl halides is 3. The molecule has 1 N–H and O–H groups in total. The zero-order chi connectivity index (χ0) is 22.1. The van der Waals surface area contributed by atoms with Crippen LogP contribution in [0.5, 0.6) is 5.75 Å². The van der Waals surface area contributed by atoms with Crippen LogP contribution in [0.25, 0.3) is 0 Å². The van der Waals surface area contributed by atoms with Gasteiger partial charge in [0.05, 0.1) is 5.56 Å². The van der Waals surface area contributed by atoms with Crippen LogP contribution in [0, 0.1) is 6.92 Å². The van der Waals surface area contributed by atoms with Gasteiger partial charge in [0.15, 0.2) is 0 Å². The van der Waals surface area contributed by atoms with Crippen molar-refractivity contribution >= 4 is 11.9 Å². The third kappa shape index (κ3) is 5.05. The molecular formula is C20H24F3N3O4. The Kier molecular flexibility index (Phi) is 5.98. The van der Waals surface area contributed by atoms with Crippen LogP contribution >= 0.6 is 0 Å². The van der Waals surface area contributed by atoms with Crippen molar-refractivity contribution in [1.82, 2.24) is 9.88 Å². The molecule has 0 spiro atoms. The molecule has 2 heterocycles. The number of ether oxygens (including phenoxy) is 1. The van der Waals surface area contributed by atoms with Crippen molar-refractivity contribution in [2.45, 2.75) is 39.2 Å². The molecule has 10 heteroatoms. The van der Waals surface area contributed by atoms with Gasteiger partial charge in [-0.25, -0.2) is 0 Å². The zero-order valence-corrected chi connectivity index (χ0v) is 17.0. The lowest BCUT2D eigenvalue weighted by atomic mass is 10.0. The Balaban J connectivity index is 1.74. The number of para-hydroxylation sites is 1. The monoisotopic (exact) mass is 427 g/mol. The van der Waals surface area contributed by atoms with Crippen LogP contribution in [0.1, 0.15) is 42.1 Å². The van der Waals surface area contributed by atoms with Gasteiger partial charge < -0.3 is 24.1 Å². The summed E-state index contributed by atoms with van der Waals surface area (Å²) in [6.45, 7) is 6.53. The Hall–Kier alpha value is -2.75. The van der Waals surface area contributed by atoms with Gasteiger partial charge in [0.25, 0.3) is 11.9 Å². The lowest BCUT2D eigenvalue weighted by Crippen LogP contribution is -2.35. The summed E-state index contributed by atoms with van der Waals surface area (Å²) in [6.07, 6.45) is -4.31. The van der Waals surface area contributed by atoms with E-state index in [-0.39, 0.29) is 12.1 Å². The molecule has 1 aromatic carbocycles. The van der Waals surface area contributed by atoms with Crippen molar-refractivity contribution in [3.8, 4) is 5.75 Å². The summed E-state index contributed by atoms with van der Waals surface area (Å²) in [5.41, 5.74) is -0.852. The fourth-order valence-corrected chi connectivity index (χ4v) is 3.42. The molecule has 0 atom stereocenters. The second-order valence-electron chi connectivity index (χ2n) is 7.64. The fourth-order valence-electron chi connectivity index (χ4n) is 3.42. The van der Waals surface area contributed by atoms with Crippen molar-refractivity contribution in [3.05, 3.63) is 41.3 Å². The van der Waals surface area contributed by atoms with E-state index in [1.807, 2.05) is 4.90 Å². The number of nitrogens with zero attached hydrogens (tertiary/aromatic N) is 3. The average Bonchev–Trinajstić information content (AvgIpc) is 2.87. The highest BCUT2D eigenvalue weighted by Gasteiger charge is 2.34. The highest BCUT2D eigenvalue weighted by Crippen LogP contribution is 2.29. The molecule has 1 aliphatic rings. The number of hydrogen-bond acceptors (Lipinski definition) is 6. The lowest BCUT2D eigenvalue weighted by molar-refractivity contribution is -0.274. The van der Waals surface area contributed by atoms with Gasteiger partial charge in [-0.05, 0) is 39.3 Å². The van der Waals surface area contributed by atoms with Gasteiger partial charge in [-0.3, -0.25) is 4.79 Å². The first-order valence-corrected chi connectivity index (χ1v) is 9.55. The van der Waals surface area contributed by atoms with Gasteiger partial charge in [-0.2, -0.15) is 4.98 Å². The summed E-state index contributed by atoms with van der Waals surface area (Å²) in [6, 6.07) is 5.67. The number of amides is 1. The third-order valence-corrected chi connectivity index (χ3v) is 4.76. The molecule has 0 unspecified atom stereocenters. The minimum atomic E-state index is -4.88. The van der Waals surface area contributed by atoms with E-state index in [9.17, 15) is 23.1 Å². The topological polar surface area (TPSA) is 79.0 Å². The van der Waals surface area contributed by atoms with Crippen LogP contribution in [0.3, 0.4) is 0 Å². The second kappa shape index (κ2) is 8.17. The van der Waals surface area contributed by atoms with Gasteiger partial charge in [-0.15, -0.1) is 13.2 Å². The first-order chi connectivity index (χ1) is 14.0. The van der Waals surface area contributed by atoms with E-state index in [4.69, 9.17) is 4.42 Å². The summed E-state index contributed by atoms with van der Waals surface area (Å²) in [5, 5.41) is 10.2. The predicted molar refractivity (Wildman–Crippen MR) is 102 cm³/mol. The van der Waals surface area contributed by atoms with Crippen LogP contribution in [0.4, 0.5) is 19.2 Å². The number of carbonyl (C=O) groups excluding carboxylic acids is 1. The number of aryl methyl sites for hydroxylation is 1. The molecule has 7 nitrogen and oxygen atoms in total. The van der Waals surface area contributed by atoms with Crippen LogP contribution in [-0.4, -0.2) is 53.4 Å². The van der Waals surface area contributed by atoms with Crippen molar-refractivity contribution in [2.24, 2.45) is 0 Å². The fraction of sp³-hybridized carbons (Fsp3) is 0.500. The maximum absolute atomic E-state index is 12.9. The van der Waals surface area contributed by atoms with Crippen LogP contribution in [0.2, 0.25) is 0 Å². The molecule has 164 valence electrons. The number of aliphatic hydroxyl groups is 1. The maximum atomic E-state index is 12.9. The average molecular weight is 427 g/mol. The largest absolute Gasteiger partial charge is 0.573 e. The Bertz CT molecular complexity index is 905. The first-order valence-electron chi connectivity index (χ1n) is 9.55. The summed E-state index contributed by atoms with van der Waals surface area (Å²) >= 11 is 0. The van der Waals surface area contributed by atoms with Crippen LogP contribution in [-0.2, 0) is 5.60 Å². The molecule has 1 saturated heterocycles. The summed E-state index contributed by atoms with van der Waals surface area (Å²) in [4.78, 5) is 20.6. The normalized spacial score (nSPS) is 15.8. The van der Waals surface area contributed by atoms with Gasteiger partial charge in [0.2, 0.25) is 0 Å². The molecule has 1 aliphatic heterocycles. The number of hydrogen-bond donors (Lipinski definition) is 1. The molecular weight excluding hydrogens is 403 g/mol. The second-order valence-corrected chi connectivity index (χ2v) is 7.64. The number of oxazole rings is 1. The van der Waals surface area contributed by atoms with Crippen molar-refractivity contribution in [1.29, 1.82) is 0 Å². The molecule has 3 rings (SSSR count). The van der Waals surface area contributed by atoms with E-state index in [2.05, 4.69) is 9.72 Å². The van der Waals surface area contributed by atoms with Gasteiger partial charge in [-0.1, -0.05) is 12.1 Å². The van der Waals surface area contributed by atoms with Crippen LogP contribution in [0.15, 0.2) is 28.7 Å². The Labute approximate surface area is 172 Å². The summed E-state index contributed by atoms with van der Waals surface area (Å²) in [7, 11) is 0. The molecule has 0 aliphatic carbocycles. The number of halogens is 3. The van der Waals surface area contributed by atoms with Crippen LogP contribution < -0.4 is 9.64 Å². The summed E-state index contributed by atoms with van der Waals surface area (Å²) in [5.74, 6) is -0.542. The first kappa shape index (κ1) is 21.9. The van der Waals surface area contributed by atoms with E-state index >= 15 is 0 Å². The summed E-state index contributed by atoms with van der Waals surface area (Å²) < 4.78 is 47.7. The molecule has 1 amide bonds.